The van der Waals surface area contributed by atoms with Crippen molar-refractivity contribution < 1.29 is 0 Å². The minimum Gasteiger partial charge on any atom is -0.0847 e. The second-order valence-electron chi connectivity index (χ2n) is 14.1. The maximum Gasteiger partial charge on any atom is -0.0146 e. The van der Waals surface area contributed by atoms with Crippen LogP contribution >= 0.6 is 0 Å². The molecule has 0 aliphatic heterocycles. The van der Waals surface area contributed by atoms with Crippen LogP contribution in [-0.2, 0) is 0 Å². The Hall–Kier alpha value is -0.260. The van der Waals surface area contributed by atoms with Gasteiger partial charge < -0.3 is 0 Å². The third-order valence-electron chi connectivity index (χ3n) is 11.9. The fraction of sp³-hybridized carbons (Fsp3) is 0.931. The zero-order valence-corrected chi connectivity index (χ0v) is 20.4. The maximum atomic E-state index is 2.78. The van der Waals surface area contributed by atoms with Crippen LogP contribution in [0.3, 0.4) is 0 Å². The second-order valence-corrected chi connectivity index (χ2v) is 14.1. The Labute approximate surface area is 181 Å². The smallest absolute Gasteiger partial charge is 0.0146 e. The lowest BCUT2D eigenvalue weighted by Crippen LogP contribution is -2.51. The van der Waals surface area contributed by atoms with Gasteiger partial charge in [0.25, 0.3) is 0 Å². The van der Waals surface area contributed by atoms with Gasteiger partial charge in [-0.25, -0.2) is 0 Å². The summed E-state index contributed by atoms with van der Waals surface area (Å²) in [7, 11) is 0. The molecule has 0 nitrogen and oxygen atoms in total. The third-order valence-corrected chi connectivity index (χ3v) is 11.9. The number of hydrogen-bond acceptors (Lipinski definition) is 0. The fourth-order valence-electron chi connectivity index (χ4n) is 10.7. The molecule has 0 bridgehead atoms. The first-order valence-corrected chi connectivity index (χ1v) is 13.3. The van der Waals surface area contributed by atoms with E-state index in [4.69, 9.17) is 0 Å². The van der Waals surface area contributed by atoms with Gasteiger partial charge in [-0.3, -0.25) is 0 Å². The van der Waals surface area contributed by atoms with Crippen molar-refractivity contribution in [1.82, 2.24) is 0 Å². The summed E-state index contributed by atoms with van der Waals surface area (Å²) >= 11 is 0. The lowest BCUT2D eigenvalue weighted by Gasteiger charge is -2.59. The monoisotopic (exact) mass is 396 g/mol. The highest BCUT2D eigenvalue weighted by molar-refractivity contribution is 5.23. The Kier molecular flexibility index (Phi) is 4.71. The molecule has 0 unspecified atom stereocenters. The molecule has 4 saturated carbocycles. The van der Waals surface area contributed by atoms with Gasteiger partial charge in [-0.2, -0.15) is 0 Å². The second kappa shape index (κ2) is 6.62. The summed E-state index contributed by atoms with van der Waals surface area (Å²) in [5, 5.41) is 0. The molecule has 0 N–H and O–H groups in total. The SMILES string of the molecule is CC1(C)CCC[C@]2(C)[C@H]3CC[C@H]4[C@@H](CC[C@H]5C(C)(C)CCC[C@]45C)CC3=CC[C@@H]12. The summed E-state index contributed by atoms with van der Waals surface area (Å²) in [6.45, 7) is 15.8. The molecule has 0 amide bonds. The van der Waals surface area contributed by atoms with E-state index in [0.717, 1.165) is 29.6 Å². The van der Waals surface area contributed by atoms with Gasteiger partial charge in [0.1, 0.15) is 0 Å². The zero-order chi connectivity index (χ0) is 20.7. The molecule has 5 aliphatic rings. The predicted molar refractivity (Wildman–Crippen MR) is 125 cm³/mol. The molecule has 0 spiro atoms. The zero-order valence-electron chi connectivity index (χ0n) is 20.4. The molecule has 29 heavy (non-hydrogen) atoms. The van der Waals surface area contributed by atoms with E-state index in [-0.39, 0.29) is 0 Å². The standard InChI is InChI=1S/C29H48/c1-26(2)15-7-17-28(5)22-11-12-23-21(19-20(22)9-13-24(26)28)10-14-25-27(3,4)16-8-18-29(23,25)6/h9,21-25H,7-8,10-19H2,1-6H3/t21-,22-,23-,24-,25-,28+,29+/m0/s1. The number of hydrogen-bond donors (Lipinski definition) is 0. The van der Waals surface area contributed by atoms with Crippen molar-refractivity contribution in [3.8, 4) is 0 Å². The molecule has 0 aromatic rings. The van der Waals surface area contributed by atoms with Crippen LogP contribution in [0.25, 0.3) is 0 Å². The number of fused-ring (bicyclic) bond motifs is 6. The van der Waals surface area contributed by atoms with Crippen LogP contribution in [0.4, 0.5) is 0 Å². The van der Waals surface area contributed by atoms with Gasteiger partial charge >= 0.3 is 0 Å². The quantitative estimate of drug-likeness (QED) is 0.359. The van der Waals surface area contributed by atoms with E-state index in [1.54, 1.807) is 0 Å². The molecule has 5 aliphatic carbocycles. The molecule has 5 rings (SSSR count). The average Bonchev–Trinajstić information content (AvgIpc) is 2.81. The van der Waals surface area contributed by atoms with Crippen molar-refractivity contribution in [2.24, 2.45) is 51.2 Å². The molecule has 0 aromatic carbocycles. The highest BCUT2D eigenvalue weighted by Crippen LogP contribution is 2.67. The van der Waals surface area contributed by atoms with Gasteiger partial charge in [0.15, 0.2) is 0 Å². The van der Waals surface area contributed by atoms with Gasteiger partial charge in [0.2, 0.25) is 0 Å². The highest BCUT2D eigenvalue weighted by atomic mass is 14.6. The Morgan fingerprint density at radius 3 is 2.07 bits per heavy atom. The van der Waals surface area contributed by atoms with Crippen LogP contribution < -0.4 is 0 Å². The molecular weight excluding hydrogens is 348 g/mol. The molecule has 0 saturated heterocycles. The molecule has 0 radical (unpaired) electrons. The summed E-state index contributed by atoms with van der Waals surface area (Å²) in [5.41, 5.74) is 4.22. The summed E-state index contributed by atoms with van der Waals surface area (Å²) < 4.78 is 0. The van der Waals surface area contributed by atoms with Crippen molar-refractivity contribution in [1.29, 1.82) is 0 Å². The van der Waals surface area contributed by atoms with Crippen LogP contribution in [-0.4, -0.2) is 0 Å². The van der Waals surface area contributed by atoms with Gasteiger partial charge in [-0.15, -0.1) is 0 Å². The van der Waals surface area contributed by atoms with E-state index in [0.29, 0.717) is 21.7 Å². The van der Waals surface area contributed by atoms with Crippen molar-refractivity contribution in [3.05, 3.63) is 11.6 Å². The van der Waals surface area contributed by atoms with Gasteiger partial charge in [-0.1, -0.05) is 66.0 Å². The lowest BCUT2D eigenvalue weighted by atomic mass is 9.46. The Morgan fingerprint density at radius 1 is 0.690 bits per heavy atom. The summed E-state index contributed by atoms with van der Waals surface area (Å²) in [6.07, 6.45) is 20.5. The van der Waals surface area contributed by atoms with E-state index in [1.165, 1.54) is 77.0 Å². The van der Waals surface area contributed by atoms with Crippen LogP contribution in [0.5, 0.6) is 0 Å². The molecule has 0 aromatic heterocycles. The molecule has 0 heterocycles. The Bertz CT molecular complexity index is 680. The van der Waals surface area contributed by atoms with Crippen molar-refractivity contribution in [2.75, 3.05) is 0 Å². The number of allylic oxidation sites excluding steroid dienone is 2. The van der Waals surface area contributed by atoms with Crippen molar-refractivity contribution in [3.63, 3.8) is 0 Å². The van der Waals surface area contributed by atoms with Crippen molar-refractivity contribution in [2.45, 2.75) is 119 Å². The topological polar surface area (TPSA) is 0 Å². The molecule has 4 fully saturated rings. The summed E-state index contributed by atoms with van der Waals surface area (Å²) in [5.74, 6) is 4.75. The molecule has 0 heteroatoms. The number of rotatable bonds is 0. The van der Waals surface area contributed by atoms with Crippen LogP contribution in [0.15, 0.2) is 11.6 Å². The van der Waals surface area contributed by atoms with Gasteiger partial charge in [0.05, 0.1) is 0 Å². The predicted octanol–water partition coefficient (Wildman–Crippen LogP) is 8.81. The normalized spacial score (nSPS) is 50.8. The van der Waals surface area contributed by atoms with Crippen LogP contribution in [0.2, 0.25) is 0 Å². The lowest BCUT2D eigenvalue weighted by molar-refractivity contribution is -0.0986. The first-order valence-electron chi connectivity index (χ1n) is 13.3. The molecule has 7 atom stereocenters. The fourth-order valence-corrected chi connectivity index (χ4v) is 10.7. The van der Waals surface area contributed by atoms with Crippen LogP contribution in [0.1, 0.15) is 119 Å². The third kappa shape index (κ3) is 2.96. The largest absolute Gasteiger partial charge is 0.0847 e. The van der Waals surface area contributed by atoms with Crippen LogP contribution in [0, 0.1) is 51.2 Å². The first-order chi connectivity index (χ1) is 13.6. The van der Waals surface area contributed by atoms with E-state index < -0.39 is 0 Å². The van der Waals surface area contributed by atoms with Crippen molar-refractivity contribution >= 4 is 0 Å². The first kappa shape index (κ1) is 20.6. The molecular formula is C29H48. The van der Waals surface area contributed by atoms with E-state index in [9.17, 15) is 0 Å². The highest BCUT2D eigenvalue weighted by Gasteiger charge is 2.58. The Morgan fingerprint density at radius 2 is 1.34 bits per heavy atom. The van der Waals surface area contributed by atoms with Gasteiger partial charge in [0, 0.05) is 0 Å². The van der Waals surface area contributed by atoms with E-state index >= 15 is 0 Å². The van der Waals surface area contributed by atoms with E-state index in [1.807, 2.05) is 5.57 Å². The average molecular weight is 397 g/mol. The van der Waals surface area contributed by atoms with Gasteiger partial charge in [-0.05, 0) is 115 Å². The molecule has 164 valence electrons. The summed E-state index contributed by atoms with van der Waals surface area (Å²) in [6, 6.07) is 0. The maximum absolute atomic E-state index is 2.78. The Balaban J connectivity index is 1.46. The minimum absolute atomic E-state index is 0.540. The minimum atomic E-state index is 0.540. The summed E-state index contributed by atoms with van der Waals surface area (Å²) in [4.78, 5) is 0. The van der Waals surface area contributed by atoms with E-state index in [2.05, 4.69) is 47.6 Å².